The molecule has 0 saturated heterocycles. The van der Waals surface area contributed by atoms with Gasteiger partial charge in [0.1, 0.15) is 0 Å². The van der Waals surface area contributed by atoms with Crippen LogP contribution in [0.2, 0.25) is 0 Å². The molecule has 0 fully saturated rings. The zero-order valence-electron chi connectivity index (χ0n) is 6.46. The molecular weight excluding hydrogens is 250 g/mol. The Labute approximate surface area is 81.9 Å². The van der Waals surface area contributed by atoms with E-state index in [1.165, 1.54) is 25.7 Å². The molecule has 0 unspecified atom stereocenters. The van der Waals surface area contributed by atoms with Crippen molar-refractivity contribution in [3.8, 4) is 0 Å². The second-order valence-corrected chi connectivity index (χ2v) is 5.41. The van der Waals surface area contributed by atoms with E-state index in [4.69, 9.17) is 11.6 Å². The standard InChI is InChI=1S/C8H11.CH2Cl.Pd/c1-2-4-6-8-7-5-3-1;1-2;/h1-3H,4,6-8H2;1H2;/b2-1-,5-3?;;. The Morgan fingerprint density at radius 2 is 2.36 bits per heavy atom. The average Bonchev–Trinajstić information content (AvgIpc) is 1.94. The van der Waals surface area contributed by atoms with Gasteiger partial charge in [-0.1, -0.05) is 0 Å². The fourth-order valence-electron chi connectivity index (χ4n) is 1.04. The van der Waals surface area contributed by atoms with E-state index in [0.717, 1.165) is 4.35 Å². The molecule has 0 aliphatic heterocycles. The summed E-state index contributed by atoms with van der Waals surface area (Å²) in [6.45, 7) is 0. The normalized spacial score (nSPS) is 26.8. The molecule has 0 radical (unpaired) electrons. The van der Waals surface area contributed by atoms with Crippen LogP contribution in [-0.2, 0) is 18.0 Å². The molecule has 0 saturated carbocycles. The molecule has 0 heterocycles. The van der Waals surface area contributed by atoms with Crippen LogP contribution in [0.4, 0.5) is 0 Å². The first-order chi connectivity index (χ1) is 5.43. The summed E-state index contributed by atoms with van der Waals surface area (Å²) in [4.78, 5) is 0. The van der Waals surface area contributed by atoms with Gasteiger partial charge < -0.3 is 0 Å². The maximum atomic E-state index is 5.69. The summed E-state index contributed by atoms with van der Waals surface area (Å²) >= 11 is 6.33. The molecule has 0 aromatic heterocycles. The third-order valence-electron chi connectivity index (χ3n) is 1.61. The van der Waals surface area contributed by atoms with E-state index in [-0.39, 0.29) is 0 Å². The van der Waals surface area contributed by atoms with Crippen molar-refractivity contribution in [2.24, 2.45) is 0 Å². The van der Waals surface area contributed by atoms with Crippen LogP contribution in [0.5, 0.6) is 0 Å². The van der Waals surface area contributed by atoms with Crippen molar-refractivity contribution in [1.82, 2.24) is 0 Å². The Hall–Kier alpha value is 0.432. The van der Waals surface area contributed by atoms with Gasteiger partial charge in [0.15, 0.2) is 0 Å². The van der Waals surface area contributed by atoms with Crippen LogP contribution in [-0.4, -0.2) is 4.35 Å². The van der Waals surface area contributed by atoms with E-state index in [1.807, 2.05) is 0 Å². The number of hydrogen-bond donors (Lipinski definition) is 0. The van der Waals surface area contributed by atoms with Gasteiger partial charge in [-0.15, -0.1) is 0 Å². The molecule has 0 nitrogen and oxygen atoms in total. The second kappa shape index (κ2) is 6.01. The summed E-state index contributed by atoms with van der Waals surface area (Å²) in [5.74, 6) is 0. The van der Waals surface area contributed by atoms with Crippen LogP contribution in [0.15, 0.2) is 22.3 Å². The quantitative estimate of drug-likeness (QED) is 0.529. The summed E-state index contributed by atoms with van der Waals surface area (Å²) in [5.41, 5.74) is 0. The van der Waals surface area contributed by atoms with Crippen molar-refractivity contribution in [1.29, 1.82) is 0 Å². The summed E-state index contributed by atoms with van der Waals surface area (Å²) in [5, 5.41) is 0. The Morgan fingerprint density at radius 3 is 3.18 bits per heavy atom. The molecular formula is C9H13ClPd. The zero-order chi connectivity index (χ0) is 7.94. The van der Waals surface area contributed by atoms with Crippen molar-refractivity contribution >= 4 is 11.6 Å². The van der Waals surface area contributed by atoms with Crippen LogP contribution >= 0.6 is 11.6 Å². The Kier molecular flexibility index (Phi) is 5.20. The van der Waals surface area contributed by atoms with Crippen molar-refractivity contribution in [3.05, 3.63) is 22.3 Å². The summed E-state index contributed by atoms with van der Waals surface area (Å²) in [6, 6.07) is 0. The van der Waals surface area contributed by atoms with Crippen molar-refractivity contribution in [2.75, 3.05) is 4.35 Å². The number of halogens is 1. The summed E-state index contributed by atoms with van der Waals surface area (Å²) in [6.07, 6.45) is 11.9. The fraction of sp³-hybridized carbons (Fsp3) is 0.556. The molecule has 2 heteroatoms. The monoisotopic (exact) mass is 262 g/mol. The minimum absolute atomic E-state index is 0.648. The van der Waals surface area contributed by atoms with Crippen LogP contribution < -0.4 is 0 Å². The fourth-order valence-corrected chi connectivity index (χ4v) is 2.83. The van der Waals surface area contributed by atoms with E-state index in [0.29, 0.717) is 18.0 Å². The van der Waals surface area contributed by atoms with Gasteiger partial charge in [-0.3, -0.25) is 0 Å². The molecule has 0 spiro atoms. The molecule has 0 N–H and O–H groups in total. The first-order valence-corrected chi connectivity index (χ1v) is 6.28. The zero-order valence-corrected chi connectivity index (χ0v) is 8.77. The van der Waals surface area contributed by atoms with Gasteiger partial charge in [0.2, 0.25) is 0 Å². The number of hydrogen-bond acceptors (Lipinski definition) is 0. The third kappa shape index (κ3) is 4.11. The van der Waals surface area contributed by atoms with E-state index in [2.05, 4.69) is 18.2 Å². The molecule has 0 bridgehead atoms. The first kappa shape index (κ1) is 9.52. The molecule has 11 heavy (non-hydrogen) atoms. The Morgan fingerprint density at radius 1 is 1.45 bits per heavy atom. The van der Waals surface area contributed by atoms with Crippen LogP contribution in [0.1, 0.15) is 25.7 Å². The van der Waals surface area contributed by atoms with Gasteiger partial charge in [0.25, 0.3) is 0 Å². The second-order valence-electron chi connectivity index (χ2n) is 2.44. The average molecular weight is 263 g/mol. The topological polar surface area (TPSA) is 0 Å². The van der Waals surface area contributed by atoms with E-state index >= 15 is 0 Å². The van der Waals surface area contributed by atoms with E-state index in [1.54, 1.807) is 4.05 Å². The van der Waals surface area contributed by atoms with Crippen LogP contribution in [0.25, 0.3) is 0 Å². The SMILES string of the molecule is Cl[CH2][Pd]/[C]1=C/C=C\CCCC1. The summed E-state index contributed by atoms with van der Waals surface area (Å²) in [7, 11) is 0. The van der Waals surface area contributed by atoms with Crippen molar-refractivity contribution in [3.63, 3.8) is 0 Å². The maximum absolute atomic E-state index is 5.69. The van der Waals surface area contributed by atoms with Crippen molar-refractivity contribution < 1.29 is 18.0 Å². The predicted molar refractivity (Wildman–Crippen MR) is 46.4 cm³/mol. The van der Waals surface area contributed by atoms with E-state index < -0.39 is 0 Å². The van der Waals surface area contributed by atoms with Gasteiger partial charge in [0.05, 0.1) is 0 Å². The Bertz CT molecular complexity index is 161. The van der Waals surface area contributed by atoms with Gasteiger partial charge in [0, 0.05) is 0 Å². The molecule has 0 atom stereocenters. The molecule has 0 aromatic carbocycles. The molecule has 0 aromatic rings. The van der Waals surface area contributed by atoms with Gasteiger partial charge >= 0.3 is 81.9 Å². The predicted octanol–water partition coefficient (Wildman–Crippen LogP) is 3.28. The van der Waals surface area contributed by atoms with Crippen molar-refractivity contribution in [2.45, 2.75) is 25.7 Å². The number of alkyl halides is 1. The van der Waals surface area contributed by atoms with Crippen LogP contribution in [0, 0.1) is 0 Å². The van der Waals surface area contributed by atoms with Gasteiger partial charge in [-0.2, -0.15) is 0 Å². The van der Waals surface area contributed by atoms with Gasteiger partial charge in [-0.25, -0.2) is 0 Å². The number of allylic oxidation sites excluding steroid dienone is 4. The third-order valence-corrected chi connectivity index (χ3v) is 3.67. The first-order valence-electron chi connectivity index (χ1n) is 3.87. The number of rotatable bonds is 2. The molecule has 1 aliphatic carbocycles. The minimum atomic E-state index is 0.648. The Balaban J connectivity index is 2.44. The molecule has 1 aliphatic rings. The van der Waals surface area contributed by atoms with Gasteiger partial charge in [-0.05, 0) is 0 Å². The van der Waals surface area contributed by atoms with Crippen LogP contribution in [0.3, 0.4) is 0 Å². The molecule has 0 amide bonds. The molecule has 66 valence electrons. The summed E-state index contributed by atoms with van der Waals surface area (Å²) < 4.78 is 2.37. The van der Waals surface area contributed by atoms with E-state index in [9.17, 15) is 0 Å². The molecule has 1 rings (SSSR count).